The number of nitrogens with zero attached hydrogens (tertiary/aromatic N) is 1. The van der Waals surface area contributed by atoms with Crippen LogP contribution in [0.1, 0.15) is 34.4 Å². The number of rotatable bonds is 4. The monoisotopic (exact) mass is 328 g/mol. The van der Waals surface area contributed by atoms with Crippen LogP contribution in [0.2, 0.25) is 0 Å². The van der Waals surface area contributed by atoms with Gasteiger partial charge in [0.1, 0.15) is 12.6 Å². The van der Waals surface area contributed by atoms with Gasteiger partial charge in [-0.2, -0.15) is 0 Å². The molecule has 2 atom stereocenters. The van der Waals surface area contributed by atoms with Crippen molar-refractivity contribution >= 4 is 6.21 Å². The van der Waals surface area contributed by atoms with Gasteiger partial charge in [0.25, 0.3) is 0 Å². The summed E-state index contributed by atoms with van der Waals surface area (Å²) in [5.41, 5.74) is 4.70. The van der Waals surface area contributed by atoms with Crippen LogP contribution in [0.5, 0.6) is 0 Å². The smallest absolute Gasteiger partial charge is 0.207 e. The summed E-state index contributed by atoms with van der Waals surface area (Å²) in [6, 6.07) is 28.7. The van der Waals surface area contributed by atoms with Crippen molar-refractivity contribution in [3.8, 4) is 0 Å². The van der Waals surface area contributed by atoms with E-state index in [1.165, 1.54) is 11.1 Å². The zero-order valence-corrected chi connectivity index (χ0v) is 14.1. The summed E-state index contributed by atoms with van der Waals surface area (Å²) in [5.74, 6) is 0. The summed E-state index contributed by atoms with van der Waals surface area (Å²) in [6.07, 6.45) is 2.62. The Labute approximate surface area is 148 Å². The van der Waals surface area contributed by atoms with Crippen LogP contribution in [0.4, 0.5) is 0 Å². The molecule has 2 nitrogen and oxygen atoms in total. The van der Waals surface area contributed by atoms with Gasteiger partial charge in [-0.05, 0) is 17.2 Å². The van der Waals surface area contributed by atoms with Gasteiger partial charge in [0.15, 0.2) is 6.21 Å². The zero-order chi connectivity index (χ0) is 17.1. The van der Waals surface area contributed by atoms with Crippen LogP contribution in [0, 0.1) is 0 Å². The van der Waals surface area contributed by atoms with Crippen LogP contribution in [0.25, 0.3) is 0 Å². The molecule has 1 aliphatic heterocycles. The molecule has 0 amide bonds. The predicted molar refractivity (Wildman–Crippen MR) is 101 cm³/mol. The summed E-state index contributed by atoms with van der Waals surface area (Å²) >= 11 is 0. The lowest BCUT2D eigenvalue weighted by Gasteiger charge is -2.24. The molecular weight excluding hydrogens is 306 g/mol. The average Bonchev–Trinajstić information content (AvgIpc) is 2.69. The van der Waals surface area contributed by atoms with Crippen molar-refractivity contribution < 1.29 is 9.68 Å². The minimum absolute atomic E-state index is 0.100. The molecule has 4 rings (SSSR count). The highest BCUT2D eigenvalue weighted by Gasteiger charge is 2.33. The lowest BCUT2D eigenvalue weighted by atomic mass is 9.93. The molecule has 0 aliphatic carbocycles. The lowest BCUT2D eigenvalue weighted by Crippen LogP contribution is -2.30. The summed E-state index contributed by atoms with van der Waals surface area (Å²) < 4.78 is 2.29. The maximum Gasteiger partial charge on any atom is 0.207 e. The Bertz CT molecular complexity index is 871. The highest BCUT2D eigenvalue weighted by molar-refractivity contribution is 5.78. The molecule has 1 aliphatic rings. The molecule has 3 aromatic rings. The Hall–Kier alpha value is -2.71. The molecule has 0 radical (unpaired) electrons. The van der Waals surface area contributed by atoms with Crippen molar-refractivity contribution in [3.63, 3.8) is 0 Å². The Balaban J connectivity index is 1.78. The second-order valence-electron chi connectivity index (χ2n) is 6.53. The maximum absolute atomic E-state index is 11.2. The van der Waals surface area contributed by atoms with Crippen LogP contribution in [-0.2, 0) is 6.42 Å². The topological polar surface area (TPSA) is 23.2 Å². The molecule has 0 saturated heterocycles. The molecule has 0 unspecified atom stereocenters. The van der Waals surface area contributed by atoms with Crippen molar-refractivity contribution in [2.24, 2.45) is 0 Å². The molecule has 0 saturated carbocycles. The largest absolute Gasteiger partial charge is 0.381 e. The second kappa shape index (κ2) is 7.04. The Kier molecular flexibility index (Phi) is 4.45. The number of hydrogen-bond donors (Lipinski definition) is 1. The van der Waals surface area contributed by atoms with Gasteiger partial charge in [0.2, 0.25) is 6.04 Å². The first-order chi connectivity index (χ1) is 12.3. The minimum atomic E-state index is -0.579. The molecule has 0 spiro atoms. The molecule has 0 fully saturated rings. The van der Waals surface area contributed by atoms with Crippen molar-refractivity contribution in [1.29, 1.82) is 0 Å². The molecule has 1 heterocycles. The summed E-state index contributed by atoms with van der Waals surface area (Å²) in [7, 11) is 0. The molecular formula is C23H22NO+. The molecule has 124 valence electrons. The SMILES string of the molecule is O[C@@H](c1ccccc1)[C@@H](c1ccccc1)[N+]1=Cc2ccccc2CC1. The van der Waals surface area contributed by atoms with E-state index in [0.717, 1.165) is 24.1 Å². The average molecular weight is 328 g/mol. The molecule has 2 heteroatoms. The third-order valence-electron chi connectivity index (χ3n) is 4.94. The summed E-state index contributed by atoms with van der Waals surface area (Å²) in [4.78, 5) is 0. The Morgan fingerprint density at radius 1 is 0.720 bits per heavy atom. The van der Waals surface area contributed by atoms with E-state index in [2.05, 4.69) is 47.2 Å². The van der Waals surface area contributed by atoms with E-state index in [1.54, 1.807) is 0 Å². The highest BCUT2D eigenvalue weighted by atomic mass is 16.3. The lowest BCUT2D eigenvalue weighted by molar-refractivity contribution is -0.581. The van der Waals surface area contributed by atoms with Gasteiger partial charge < -0.3 is 5.11 Å². The van der Waals surface area contributed by atoms with E-state index in [9.17, 15) is 5.11 Å². The molecule has 3 aromatic carbocycles. The van der Waals surface area contributed by atoms with Gasteiger partial charge >= 0.3 is 0 Å². The summed E-state index contributed by atoms with van der Waals surface area (Å²) in [5, 5.41) is 11.2. The fourth-order valence-corrected chi connectivity index (χ4v) is 3.64. The number of aliphatic hydroxyl groups excluding tert-OH is 1. The molecule has 0 aromatic heterocycles. The summed E-state index contributed by atoms with van der Waals surface area (Å²) in [6.45, 7) is 0.903. The molecule has 1 N–H and O–H groups in total. The quantitative estimate of drug-likeness (QED) is 0.715. The predicted octanol–water partition coefficient (Wildman–Crippen LogP) is 4.15. The van der Waals surface area contributed by atoms with Gasteiger partial charge in [0.05, 0.1) is 0 Å². The highest BCUT2D eigenvalue weighted by Crippen LogP contribution is 2.33. The molecule has 25 heavy (non-hydrogen) atoms. The van der Waals surface area contributed by atoms with Crippen LogP contribution in [-0.4, -0.2) is 22.4 Å². The fourth-order valence-electron chi connectivity index (χ4n) is 3.64. The normalized spacial score (nSPS) is 15.8. The first-order valence-corrected chi connectivity index (χ1v) is 8.79. The van der Waals surface area contributed by atoms with E-state index < -0.39 is 6.10 Å². The number of hydrogen-bond acceptors (Lipinski definition) is 1. The second-order valence-corrected chi connectivity index (χ2v) is 6.53. The van der Waals surface area contributed by atoms with Crippen molar-refractivity contribution in [1.82, 2.24) is 0 Å². The third kappa shape index (κ3) is 3.26. The zero-order valence-electron chi connectivity index (χ0n) is 14.1. The van der Waals surface area contributed by atoms with E-state index >= 15 is 0 Å². The Morgan fingerprint density at radius 2 is 1.32 bits per heavy atom. The minimum Gasteiger partial charge on any atom is -0.381 e. The van der Waals surface area contributed by atoms with Gasteiger partial charge in [-0.3, -0.25) is 0 Å². The van der Waals surface area contributed by atoms with Gasteiger partial charge in [0, 0.05) is 17.5 Å². The first-order valence-electron chi connectivity index (χ1n) is 8.79. The van der Waals surface area contributed by atoms with Crippen molar-refractivity contribution in [2.45, 2.75) is 18.6 Å². The van der Waals surface area contributed by atoms with E-state index in [1.807, 2.05) is 48.5 Å². The molecule has 0 bridgehead atoms. The van der Waals surface area contributed by atoms with Crippen LogP contribution in [0.15, 0.2) is 84.9 Å². The van der Waals surface area contributed by atoms with Crippen molar-refractivity contribution in [3.05, 3.63) is 107 Å². The van der Waals surface area contributed by atoms with Gasteiger partial charge in [-0.15, -0.1) is 0 Å². The van der Waals surface area contributed by atoms with Crippen LogP contribution in [0.3, 0.4) is 0 Å². The standard InChI is InChI=1S/C23H22NO/c25-23(20-12-5-2-6-13-20)22(19-10-3-1-4-11-19)24-16-15-18-9-7-8-14-21(18)17-24/h1-14,17,22-23,25H,15-16H2/q+1/t22-,23+/m1/s1. The van der Waals surface area contributed by atoms with E-state index in [-0.39, 0.29) is 6.04 Å². The van der Waals surface area contributed by atoms with Crippen LogP contribution >= 0.6 is 0 Å². The number of aliphatic hydroxyl groups is 1. The maximum atomic E-state index is 11.2. The van der Waals surface area contributed by atoms with E-state index in [4.69, 9.17) is 0 Å². The number of benzene rings is 3. The Morgan fingerprint density at radius 3 is 2.04 bits per heavy atom. The first kappa shape index (κ1) is 15.8. The fraction of sp³-hybridized carbons (Fsp3) is 0.174. The van der Waals surface area contributed by atoms with Gasteiger partial charge in [-0.1, -0.05) is 78.9 Å². The van der Waals surface area contributed by atoms with Crippen LogP contribution < -0.4 is 0 Å². The van der Waals surface area contributed by atoms with E-state index in [0.29, 0.717) is 0 Å². The number of fused-ring (bicyclic) bond motifs is 1. The third-order valence-corrected chi connectivity index (χ3v) is 4.94. The van der Waals surface area contributed by atoms with Gasteiger partial charge in [-0.25, -0.2) is 4.58 Å². The van der Waals surface area contributed by atoms with Crippen molar-refractivity contribution in [2.75, 3.05) is 6.54 Å².